The Balaban J connectivity index is 2.24. The third-order valence-corrected chi connectivity index (χ3v) is 6.26. The van der Waals surface area contributed by atoms with Crippen LogP contribution in [-0.4, -0.2) is 37.8 Å². The molecule has 1 heterocycles. The summed E-state index contributed by atoms with van der Waals surface area (Å²) < 4.78 is 40.9. The Bertz CT molecular complexity index is 676. The van der Waals surface area contributed by atoms with Crippen molar-refractivity contribution in [2.75, 3.05) is 13.1 Å². The van der Waals surface area contributed by atoms with E-state index < -0.39 is 15.8 Å². The molecule has 0 spiro atoms. The van der Waals surface area contributed by atoms with Crippen LogP contribution in [0.5, 0.6) is 0 Å². The van der Waals surface area contributed by atoms with Crippen molar-refractivity contribution < 1.29 is 17.6 Å². The molecule has 0 radical (unpaired) electrons. The van der Waals surface area contributed by atoms with Crippen molar-refractivity contribution in [3.05, 3.63) is 29.6 Å². The van der Waals surface area contributed by atoms with Crippen LogP contribution in [0.3, 0.4) is 0 Å². The minimum Gasteiger partial charge on any atom is -0.356 e. The van der Waals surface area contributed by atoms with Crippen LogP contribution in [0.15, 0.2) is 23.1 Å². The lowest BCUT2D eigenvalue weighted by atomic mass is 10.0. The van der Waals surface area contributed by atoms with Gasteiger partial charge in [0.1, 0.15) is 5.82 Å². The smallest absolute Gasteiger partial charge is 0.243 e. The number of piperidine rings is 1. The summed E-state index contributed by atoms with van der Waals surface area (Å²) in [6, 6.07) is 3.67. The number of nitrogens with one attached hydrogen (secondary N) is 1. The van der Waals surface area contributed by atoms with Gasteiger partial charge in [-0.2, -0.15) is 4.31 Å². The summed E-state index contributed by atoms with van der Waals surface area (Å²) in [5.74, 6) is -0.683. The third-order valence-electron chi connectivity index (χ3n) is 4.16. The van der Waals surface area contributed by atoms with Crippen molar-refractivity contribution in [2.45, 2.75) is 50.5 Å². The Hall–Kier alpha value is -1.47. The van der Waals surface area contributed by atoms with Crippen LogP contribution < -0.4 is 5.32 Å². The Morgan fingerprint density at radius 3 is 2.83 bits per heavy atom. The number of carbonyl (C=O) groups excluding carboxylic acids is 1. The summed E-state index contributed by atoms with van der Waals surface area (Å²) >= 11 is 0. The molecule has 0 bridgehead atoms. The van der Waals surface area contributed by atoms with E-state index >= 15 is 0 Å². The maximum Gasteiger partial charge on any atom is 0.243 e. The van der Waals surface area contributed by atoms with E-state index in [4.69, 9.17) is 0 Å². The highest BCUT2D eigenvalue weighted by atomic mass is 32.2. The van der Waals surface area contributed by atoms with E-state index in [1.807, 2.05) is 0 Å². The van der Waals surface area contributed by atoms with E-state index in [-0.39, 0.29) is 16.8 Å². The van der Waals surface area contributed by atoms with Crippen molar-refractivity contribution in [1.29, 1.82) is 0 Å². The molecule has 1 atom stereocenters. The van der Waals surface area contributed by atoms with E-state index in [1.54, 1.807) is 6.92 Å². The molecule has 1 N–H and O–H groups in total. The first-order chi connectivity index (χ1) is 10.8. The molecule has 1 aliphatic rings. The predicted molar refractivity (Wildman–Crippen MR) is 86.0 cm³/mol. The highest BCUT2D eigenvalue weighted by Gasteiger charge is 2.34. The lowest BCUT2D eigenvalue weighted by molar-refractivity contribution is -0.119. The first kappa shape index (κ1) is 17.9. The first-order valence-electron chi connectivity index (χ1n) is 7.85. The van der Waals surface area contributed by atoms with Gasteiger partial charge < -0.3 is 5.32 Å². The van der Waals surface area contributed by atoms with Crippen LogP contribution in [0.25, 0.3) is 0 Å². The second-order valence-electron chi connectivity index (χ2n) is 5.95. The van der Waals surface area contributed by atoms with Gasteiger partial charge in [-0.1, -0.05) is 12.5 Å². The van der Waals surface area contributed by atoms with Crippen LogP contribution in [0.2, 0.25) is 0 Å². The van der Waals surface area contributed by atoms with E-state index in [1.165, 1.54) is 23.4 Å². The molecular weight excluding hydrogens is 319 g/mol. The van der Waals surface area contributed by atoms with Crippen molar-refractivity contribution in [1.82, 2.24) is 9.62 Å². The molecular formula is C16H23FN2O3S. The summed E-state index contributed by atoms with van der Waals surface area (Å²) in [7, 11) is -3.73. The average Bonchev–Trinajstić information content (AvgIpc) is 2.49. The van der Waals surface area contributed by atoms with Crippen LogP contribution in [0.4, 0.5) is 4.39 Å². The zero-order valence-electron chi connectivity index (χ0n) is 13.5. The number of benzene rings is 1. The Morgan fingerprint density at radius 2 is 2.13 bits per heavy atom. The molecule has 0 saturated carbocycles. The van der Waals surface area contributed by atoms with Crippen LogP contribution in [0, 0.1) is 12.7 Å². The van der Waals surface area contributed by atoms with Gasteiger partial charge in [0.15, 0.2) is 0 Å². The van der Waals surface area contributed by atoms with Gasteiger partial charge >= 0.3 is 0 Å². The molecule has 0 aliphatic carbocycles. The molecule has 0 aromatic heterocycles. The number of sulfonamides is 1. The van der Waals surface area contributed by atoms with Gasteiger partial charge in [-0.05, 0) is 43.9 Å². The fourth-order valence-electron chi connectivity index (χ4n) is 2.97. The SMILES string of the molecule is CC(=O)NCC[C@H]1CCCCN1S(=O)(=O)c1cc(F)ccc1C. The maximum atomic E-state index is 13.5. The number of rotatable bonds is 5. The lowest BCUT2D eigenvalue weighted by Crippen LogP contribution is -2.45. The number of carbonyl (C=O) groups is 1. The van der Waals surface area contributed by atoms with Gasteiger partial charge in [-0.15, -0.1) is 0 Å². The quantitative estimate of drug-likeness (QED) is 0.892. The topological polar surface area (TPSA) is 66.5 Å². The molecule has 1 aromatic carbocycles. The fourth-order valence-corrected chi connectivity index (χ4v) is 4.93. The van der Waals surface area contributed by atoms with Crippen molar-refractivity contribution in [3.8, 4) is 0 Å². The molecule has 0 unspecified atom stereocenters. The van der Waals surface area contributed by atoms with Crippen molar-refractivity contribution in [2.24, 2.45) is 0 Å². The van der Waals surface area contributed by atoms with E-state index in [9.17, 15) is 17.6 Å². The monoisotopic (exact) mass is 342 g/mol. The summed E-state index contributed by atoms with van der Waals surface area (Å²) in [5, 5.41) is 2.70. The average molecular weight is 342 g/mol. The largest absolute Gasteiger partial charge is 0.356 e. The number of halogens is 1. The second kappa shape index (κ2) is 7.40. The Morgan fingerprint density at radius 1 is 1.39 bits per heavy atom. The van der Waals surface area contributed by atoms with E-state index in [0.717, 1.165) is 25.3 Å². The molecule has 1 fully saturated rings. The van der Waals surface area contributed by atoms with Crippen molar-refractivity contribution in [3.63, 3.8) is 0 Å². The standard InChI is InChI=1S/C16H23FN2O3S/c1-12-6-7-14(17)11-16(12)23(21,22)19-10-4-3-5-15(19)8-9-18-13(2)20/h6-7,11,15H,3-5,8-10H2,1-2H3,(H,18,20)/t15-/m1/s1. The third kappa shape index (κ3) is 4.29. The molecule has 7 heteroatoms. The zero-order valence-corrected chi connectivity index (χ0v) is 14.3. The molecule has 5 nitrogen and oxygen atoms in total. The minimum atomic E-state index is -3.73. The van der Waals surface area contributed by atoms with Crippen LogP contribution in [-0.2, 0) is 14.8 Å². The molecule has 128 valence electrons. The molecule has 1 aliphatic heterocycles. The summed E-state index contributed by atoms with van der Waals surface area (Å²) in [5.41, 5.74) is 0.539. The van der Waals surface area contributed by atoms with Gasteiger partial charge in [0.05, 0.1) is 4.90 Å². The van der Waals surface area contributed by atoms with Gasteiger partial charge in [-0.3, -0.25) is 4.79 Å². The molecule has 1 amide bonds. The van der Waals surface area contributed by atoms with Crippen LogP contribution >= 0.6 is 0 Å². The van der Waals surface area contributed by atoms with Gasteiger partial charge in [0, 0.05) is 26.1 Å². The Labute approximate surface area is 136 Å². The lowest BCUT2D eigenvalue weighted by Gasteiger charge is -2.35. The number of hydrogen-bond donors (Lipinski definition) is 1. The maximum absolute atomic E-state index is 13.5. The van der Waals surface area contributed by atoms with Gasteiger partial charge in [0.2, 0.25) is 15.9 Å². The van der Waals surface area contributed by atoms with E-state index in [2.05, 4.69) is 5.32 Å². The minimum absolute atomic E-state index is 0.0314. The molecule has 2 rings (SSSR count). The van der Waals surface area contributed by atoms with Gasteiger partial charge in [0.25, 0.3) is 0 Å². The number of hydrogen-bond acceptors (Lipinski definition) is 3. The summed E-state index contributed by atoms with van der Waals surface area (Å²) in [6.07, 6.45) is 3.07. The molecule has 1 saturated heterocycles. The summed E-state index contributed by atoms with van der Waals surface area (Å²) in [6.45, 7) is 3.98. The highest BCUT2D eigenvalue weighted by molar-refractivity contribution is 7.89. The van der Waals surface area contributed by atoms with Gasteiger partial charge in [-0.25, -0.2) is 12.8 Å². The first-order valence-corrected chi connectivity index (χ1v) is 9.29. The number of nitrogens with zero attached hydrogens (tertiary/aromatic N) is 1. The Kier molecular flexibility index (Phi) is 5.75. The summed E-state index contributed by atoms with van der Waals surface area (Å²) in [4.78, 5) is 11.0. The zero-order chi connectivity index (χ0) is 17.0. The van der Waals surface area contributed by atoms with E-state index in [0.29, 0.717) is 25.1 Å². The second-order valence-corrected chi connectivity index (χ2v) is 7.81. The number of aryl methyl sites for hydroxylation is 1. The molecule has 23 heavy (non-hydrogen) atoms. The van der Waals surface area contributed by atoms with Crippen LogP contribution in [0.1, 0.15) is 38.2 Å². The predicted octanol–water partition coefficient (Wildman–Crippen LogP) is 2.20. The fraction of sp³-hybridized carbons (Fsp3) is 0.562. The highest BCUT2D eigenvalue weighted by Crippen LogP contribution is 2.28. The normalized spacial score (nSPS) is 19.5. The molecule has 1 aromatic rings. The van der Waals surface area contributed by atoms with Crippen molar-refractivity contribution >= 4 is 15.9 Å². The number of amides is 1.